The Morgan fingerprint density at radius 1 is 1.05 bits per heavy atom. The van der Waals surface area contributed by atoms with Gasteiger partial charge < -0.3 is 14.8 Å². The molecule has 110 valence electrons. The van der Waals surface area contributed by atoms with Crippen molar-refractivity contribution in [1.29, 1.82) is 0 Å². The van der Waals surface area contributed by atoms with E-state index in [9.17, 15) is 0 Å². The maximum absolute atomic E-state index is 5.46. The zero-order valence-electron chi connectivity index (χ0n) is 12.6. The highest BCUT2D eigenvalue weighted by molar-refractivity contribution is 5.61. The molecule has 21 heavy (non-hydrogen) atoms. The predicted octanol–water partition coefficient (Wildman–Crippen LogP) is 4.19. The van der Waals surface area contributed by atoms with Crippen LogP contribution in [0.25, 0.3) is 0 Å². The van der Waals surface area contributed by atoms with Crippen LogP contribution in [0.15, 0.2) is 42.5 Å². The predicted molar refractivity (Wildman–Crippen MR) is 85.3 cm³/mol. The molecule has 0 aliphatic heterocycles. The van der Waals surface area contributed by atoms with E-state index in [1.54, 1.807) is 14.2 Å². The van der Waals surface area contributed by atoms with Gasteiger partial charge in [0.05, 0.1) is 25.9 Å². The Balaban J connectivity index is 1.90. The summed E-state index contributed by atoms with van der Waals surface area (Å²) in [6.07, 6.45) is 3.52. The second-order valence-corrected chi connectivity index (χ2v) is 5.35. The van der Waals surface area contributed by atoms with Crippen molar-refractivity contribution in [3.05, 3.63) is 53.6 Å². The second-order valence-electron chi connectivity index (χ2n) is 5.35. The van der Waals surface area contributed by atoms with Gasteiger partial charge in [0.2, 0.25) is 0 Å². The van der Waals surface area contributed by atoms with E-state index < -0.39 is 0 Å². The first kappa shape index (κ1) is 13.8. The number of aryl methyl sites for hydroxylation is 1. The molecule has 0 fully saturated rings. The van der Waals surface area contributed by atoms with E-state index in [1.807, 2.05) is 18.2 Å². The van der Waals surface area contributed by atoms with Crippen LogP contribution in [0.4, 0.5) is 5.69 Å². The number of ether oxygens (including phenoxy) is 2. The number of hydrogen-bond donors (Lipinski definition) is 1. The highest BCUT2D eigenvalue weighted by Crippen LogP contribution is 2.36. The molecule has 2 aromatic carbocycles. The highest BCUT2D eigenvalue weighted by atomic mass is 16.5. The Kier molecular flexibility index (Phi) is 4.00. The third-order valence-electron chi connectivity index (χ3n) is 4.11. The maximum Gasteiger partial charge on any atom is 0.142 e. The van der Waals surface area contributed by atoms with Crippen LogP contribution in [-0.2, 0) is 6.42 Å². The molecule has 1 atom stereocenters. The fourth-order valence-electron chi connectivity index (χ4n) is 3.02. The van der Waals surface area contributed by atoms with Crippen molar-refractivity contribution in [3.63, 3.8) is 0 Å². The summed E-state index contributed by atoms with van der Waals surface area (Å²) >= 11 is 0. The minimum absolute atomic E-state index is 0.330. The van der Waals surface area contributed by atoms with Gasteiger partial charge in [0.25, 0.3) is 0 Å². The van der Waals surface area contributed by atoms with E-state index in [2.05, 4.69) is 29.6 Å². The van der Waals surface area contributed by atoms with Gasteiger partial charge in [-0.3, -0.25) is 0 Å². The molecule has 0 saturated carbocycles. The summed E-state index contributed by atoms with van der Waals surface area (Å²) in [5.41, 5.74) is 3.83. The summed E-state index contributed by atoms with van der Waals surface area (Å²) in [5, 5.41) is 3.63. The monoisotopic (exact) mass is 283 g/mol. The van der Waals surface area contributed by atoms with Crippen molar-refractivity contribution in [2.45, 2.75) is 25.3 Å². The van der Waals surface area contributed by atoms with Crippen LogP contribution in [0, 0.1) is 0 Å². The van der Waals surface area contributed by atoms with Gasteiger partial charge in [0, 0.05) is 6.07 Å². The molecule has 0 saturated heterocycles. The molecule has 2 aromatic rings. The first-order valence-electron chi connectivity index (χ1n) is 7.38. The van der Waals surface area contributed by atoms with Crippen molar-refractivity contribution in [1.82, 2.24) is 0 Å². The minimum Gasteiger partial charge on any atom is -0.497 e. The van der Waals surface area contributed by atoms with Gasteiger partial charge in [0.15, 0.2) is 0 Å². The lowest BCUT2D eigenvalue weighted by Gasteiger charge is -2.28. The Morgan fingerprint density at radius 3 is 2.71 bits per heavy atom. The van der Waals surface area contributed by atoms with Crippen LogP contribution in [0.5, 0.6) is 11.5 Å². The number of rotatable bonds is 4. The van der Waals surface area contributed by atoms with Gasteiger partial charge in [0.1, 0.15) is 11.5 Å². The molecule has 0 bridgehead atoms. The van der Waals surface area contributed by atoms with E-state index >= 15 is 0 Å². The second kappa shape index (κ2) is 6.08. The normalized spacial score (nSPS) is 17.0. The number of benzene rings is 2. The van der Waals surface area contributed by atoms with Crippen LogP contribution in [0.1, 0.15) is 30.0 Å². The minimum atomic E-state index is 0.330. The van der Waals surface area contributed by atoms with Gasteiger partial charge >= 0.3 is 0 Å². The smallest absolute Gasteiger partial charge is 0.142 e. The molecule has 3 heteroatoms. The summed E-state index contributed by atoms with van der Waals surface area (Å²) in [4.78, 5) is 0. The first-order chi connectivity index (χ1) is 10.3. The van der Waals surface area contributed by atoms with E-state index in [-0.39, 0.29) is 0 Å². The lowest BCUT2D eigenvalue weighted by molar-refractivity contribution is 0.404. The van der Waals surface area contributed by atoms with E-state index in [0.29, 0.717) is 6.04 Å². The molecule has 3 nitrogen and oxygen atoms in total. The largest absolute Gasteiger partial charge is 0.497 e. The summed E-state index contributed by atoms with van der Waals surface area (Å²) in [6.45, 7) is 0. The van der Waals surface area contributed by atoms with Crippen molar-refractivity contribution in [2.24, 2.45) is 0 Å². The quantitative estimate of drug-likeness (QED) is 0.912. The Labute approximate surface area is 125 Å². The average molecular weight is 283 g/mol. The van der Waals surface area contributed by atoms with Gasteiger partial charge in [-0.25, -0.2) is 0 Å². The van der Waals surface area contributed by atoms with Crippen LogP contribution in [0.2, 0.25) is 0 Å². The third kappa shape index (κ3) is 2.82. The zero-order chi connectivity index (χ0) is 14.7. The first-order valence-corrected chi connectivity index (χ1v) is 7.38. The molecular formula is C18H21NO2. The van der Waals surface area contributed by atoms with Crippen LogP contribution in [0.3, 0.4) is 0 Å². The lowest BCUT2D eigenvalue weighted by atomic mass is 9.87. The molecule has 0 spiro atoms. The number of fused-ring (bicyclic) bond motifs is 1. The summed E-state index contributed by atoms with van der Waals surface area (Å²) in [5.74, 6) is 1.68. The number of anilines is 1. The standard InChI is InChI=1S/C18H21NO2/c1-20-14-10-11-18(21-2)17(12-14)19-16-9-5-7-13-6-3-4-8-15(13)16/h3-4,6,8,10-12,16,19H,5,7,9H2,1-2H3. The van der Waals surface area contributed by atoms with E-state index in [0.717, 1.165) is 23.6 Å². The van der Waals surface area contributed by atoms with Crippen LogP contribution in [-0.4, -0.2) is 14.2 Å². The van der Waals surface area contributed by atoms with Crippen molar-refractivity contribution in [2.75, 3.05) is 19.5 Å². The summed E-state index contributed by atoms with van der Waals surface area (Å²) in [7, 11) is 3.38. The molecule has 3 rings (SSSR count). The Morgan fingerprint density at radius 2 is 1.90 bits per heavy atom. The number of methoxy groups -OCH3 is 2. The molecule has 1 unspecified atom stereocenters. The number of nitrogens with one attached hydrogen (secondary N) is 1. The van der Waals surface area contributed by atoms with Gasteiger partial charge in [-0.05, 0) is 42.5 Å². The summed E-state index contributed by atoms with van der Waals surface area (Å²) in [6, 6.07) is 14.9. The van der Waals surface area contributed by atoms with Crippen molar-refractivity contribution in [3.8, 4) is 11.5 Å². The lowest BCUT2D eigenvalue weighted by Crippen LogP contribution is -2.17. The molecule has 1 aliphatic rings. The SMILES string of the molecule is COc1ccc(OC)c(NC2CCCc3ccccc32)c1. The van der Waals surface area contributed by atoms with Crippen molar-refractivity contribution < 1.29 is 9.47 Å². The molecule has 0 aromatic heterocycles. The molecule has 0 heterocycles. The fraction of sp³-hybridized carbons (Fsp3) is 0.333. The Bertz CT molecular complexity index is 624. The third-order valence-corrected chi connectivity index (χ3v) is 4.11. The van der Waals surface area contributed by atoms with E-state index in [4.69, 9.17) is 9.47 Å². The molecular weight excluding hydrogens is 262 g/mol. The molecule has 1 N–H and O–H groups in total. The topological polar surface area (TPSA) is 30.5 Å². The summed E-state index contributed by atoms with van der Waals surface area (Å²) < 4.78 is 10.8. The fourth-order valence-corrected chi connectivity index (χ4v) is 3.02. The molecule has 0 amide bonds. The van der Waals surface area contributed by atoms with Crippen LogP contribution >= 0.6 is 0 Å². The number of hydrogen-bond acceptors (Lipinski definition) is 3. The van der Waals surface area contributed by atoms with Gasteiger partial charge in [-0.15, -0.1) is 0 Å². The highest BCUT2D eigenvalue weighted by Gasteiger charge is 2.20. The van der Waals surface area contributed by atoms with Gasteiger partial charge in [-0.1, -0.05) is 24.3 Å². The zero-order valence-corrected chi connectivity index (χ0v) is 12.6. The molecule has 0 radical (unpaired) electrons. The van der Waals surface area contributed by atoms with Crippen LogP contribution < -0.4 is 14.8 Å². The van der Waals surface area contributed by atoms with Gasteiger partial charge in [-0.2, -0.15) is 0 Å². The average Bonchev–Trinajstić information content (AvgIpc) is 2.55. The Hall–Kier alpha value is -2.16. The molecule has 1 aliphatic carbocycles. The maximum atomic E-state index is 5.46. The van der Waals surface area contributed by atoms with E-state index in [1.165, 1.54) is 24.0 Å². The van der Waals surface area contributed by atoms with Crippen molar-refractivity contribution >= 4 is 5.69 Å².